The van der Waals surface area contributed by atoms with Crippen LogP contribution in [0.15, 0.2) is 42.5 Å². The highest BCUT2D eigenvalue weighted by molar-refractivity contribution is 6.35. The molecule has 27 heavy (non-hydrogen) atoms. The van der Waals surface area contributed by atoms with Gasteiger partial charge in [-0.05, 0) is 30.3 Å². The minimum absolute atomic E-state index is 0.228. The van der Waals surface area contributed by atoms with E-state index in [1.165, 1.54) is 30.3 Å². The molecular weight excluding hydrogens is 395 g/mol. The standard InChI is InChI=1S/C18H12Cl2N2O5/c19-10-5-11(20)7-12(6-10)21-15(23)9-27-16(24)8-22-17(25)13-3-1-2-4-14(13)18(22)26/h1-7H,8-9H2,(H,21,23). The van der Waals surface area contributed by atoms with Crippen LogP contribution in [0.5, 0.6) is 0 Å². The summed E-state index contributed by atoms with van der Waals surface area (Å²) in [5.41, 5.74) is 0.797. The van der Waals surface area contributed by atoms with Crippen LogP contribution in [0, 0.1) is 0 Å². The second-order valence-corrected chi connectivity index (χ2v) is 6.48. The van der Waals surface area contributed by atoms with E-state index >= 15 is 0 Å². The summed E-state index contributed by atoms with van der Waals surface area (Å²) < 4.78 is 4.83. The number of esters is 1. The third kappa shape index (κ3) is 4.27. The van der Waals surface area contributed by atoms with Gasteiger partial charge in [-0.15, -0.1) is 0 Å². The van der Waals surface area contributed by atoms with Crippen LogP contribution in [-0.2, 0) is 14.3 Å². The van der Waals surface area contributed by atoms with Crippen molar-refractivity contribution in [1.29, 1.82) is 0 Å². The van der Waals surface area contributed by atoms with Gasteiger partial charge in [0.25, 0.3) is 17.7 Å². The van der Waals surface area contributed by atoms with E-state index in [2.05, 4.69) is 5.32 Å². The van der Waals surface area contributed by atoms with E-state index in [0.717, 1.165) is 4.90 Å². The lowest BCUT2D eigenvalue weighted by molar-refractivity contribution is -0.147. The molecule has 7 nitrogen and oxygen atoms in total. The lowest BCUT2D eigenvalue weighted by Gasteiger charge is -2.13. The number of hydrogen-bond donors (Lipinski definition) is 1. The fourth-order valence-corrected chi connectivity index (χ4v) is 3.05. The predicted molar refractivity (Wildman–Crippen MR) is 97.9 cm³/mol. The molecule has 9 heteroatoms. The highest BCUT2D eigenvalue weighted by atomic mass is 35.5. The number of hydrogen-bond acceptors (Lipinski definition) is 5. The van der Waals surface area contributed by atoms with E-state index in [1.807, 2.05) is 0 Å². The van der Waals surface area contributed by atoms with Gasteiger partial charge in [-0.2, -0.15) is 0 Å². The molecule has 2 aromatic rings. The fourth-order valence-electron chi connectivity index (χ4n) is 2.53. The first kappa shape index (κ1) is 18.9. The summed E-state index contributed by atoms with van der Waals surface area (Å²) in [6.45, 7) is -1.17. The Morgan fingerprint density at radius 1 is 0.963 bits per heavy atom. The molecule has 3 rings (SSSR count). The van der Waals surface area contributed by atoms with E-state index in [0.29, 0.717) is 15.7 Å². The molecule has 0 radical (unpaired) electrons. The van der Waals surface area contributed by atoms with E-state index in [4.69, 9.17) is 27.9 Å². The van der Waals surface area contributed by atoms with E-state index < -0.39 is 36.8 Å². The van der Waals surface area contributed by atoms with E-state index in [-0.39, 0.29) is 11.1 Å². The van der Waals surface area contributed by atoms with Gasteiger partial charge in [0.05, 0.1) is 11.1 Å². The number of imide groups is 1. The second kappa shape index (κ2) is 7.77. The Hall–Kier alpha value is -2.90. The van der Waals surface area contributed by atoms with Gasteiger partial charge in [-0.3, -0.25) is 24.1 Å². The molecule has 1 aliphatic heterocycles. The van der Waals surface area contributed by atoms with E-state index in [9.17, 15) is 19.2 Å². The zero-order valence-corrected chi connectivity index (χ0v) is 15.2. The number of carbonyl (C=O) groups excluding carboxylic acids is 4. The molecule has 0 atom stereocenters. The largest absolute Gasteiger partial charge is 0.454 e. The molecule has 2 aromatic carbocycles. The zero-order valence-electron chi connectivity index (χ0n) is 13.7. The van der Waals surface area contributed by atoms with Crippen LogP contribution < -0.4 is 5.32 Å². The van der Waals surface area contributed by atoms with Crippen molar-refractivity contribution in [3.63, 3.8) is 0 Å². The fraction of sp³-hybridized carbons (Fsp3) is 0.111. The summed E-state index contributed by atoms with van der Waals surface area (Å²) in [6, 6.07) is 10.7. The molecule has 0 bridgehead atoms. The highest BCUT2D eigenvalue weighted by Gasteiger charge is 2.36. The van der Waals surface area contributed by atoms with Crippen LogP contribution >= 0.6 is 23.2 Å². The molecule has 1 heterocycles. The molecule has 0 saturated heterocycles. The first-order valence-electron chi connectivity index (χ1n) is 7.72. The minimum Gasteiger partial charge on any atom is -0.454 e. The maximum absolute atomic E-state index is 12.2. The van der Waals surface area contributed by atoms with Crippen molar-refractivity contribution >= 4 is 52.6 Å². The minimum atomic E-state index is -0.885. The first-order chi connectivity index (χ1) is 12.8. The Kier molecular flexibility index (Phi) is 5.43. The molecule has 0 saturated carbocycles. The number of nitrogens with zero attached hydrogens (tertiary/aromatic N) is 1. The van der Waals surface area contributed by atoms with Crippen molar-refractivity contribution in [3.8, 4) is 0 Å². The van der Waals surface area contributed by atoms with Gasteiger partial charge in [-0.1, -0.05) is 35.3 Å². The van der Waals surface area contributed by atoms with Crippen molar-refractivity contribution in [2.45, 2.75) is 0 Å². The summed E-state index contributed by atoms with van der Waals surface area (Å²) in [6.07, 6.45) is 0. The number of halogens is 2. The number of carbonyl (C=O) groups is 4. The quantitative estimate of drug-likeness (QED) is 0.608. The molecule has 0 spiro atoms. The molecule has 0 aliphatic carbocycles. The van der Waals surface area contributed by atoms with Gasteiger partial charge >= 0.3 is 5.97 Å². The van der Waals surface area contributed by atoms with Crippen LogP contribution in [0.4, 0.5) is 5.69 Å². The van der Waals surface area contributed by atoms with Gasteiger partial charge in [0, 0.05) is 15.7 Å². The topological polar surface area (TPSA) is 92.8 Å². The molecule has 138 valence electrons. The predicted octanol–water partition coefficient (Wildman–Crippen LogP) is 2.77. The van der Waals surface area contributed by atoms with Crippen molar-refractivity contribution in [2.75, 3.05) is 18.5 Å². The summed E-state index contributed by atoms with van der Waals surface area (Å²) in [5, 5.41) is 3.14. The number of fused-ring (bicyclic) bond motifs is 1. The van der Waals surface area contributed by atoms with Crippen LogP contribution in [0.3, 0.4) is 0 Å². The Balaban J connectivity index is 1.54. The Labute approximate surface area is 163 Å². The normalized spacial score (nSPS) is 12.7. The summed E-state index contributed by atoms with van der Waals surface area (Å²) in [7, 11) is 0. The molecule has 3 amide bonds. The van der Waals surface area contributed by atoms with Crippen LogP contribution in [-0.4, -0.2) is 41.7 Å². The Morgan fingerprint density at radius 3 is 2.07 bits per heavy atom. The van der Waals surface area contributed by atoms with E-state index in [1.54, 1.807) is 12.1 Å². The monoisotopic (exact) mass is 406 g/mol. The molecular formula is C18H12Cl2N2O5. The average Bonchev–Trinajstić information content (AvgIpc) is 2.84. The Bertz CT molecular complexity index is 905. The highest BCUT2D eigenvalue weighted by Crippen LogP contribution is 2.23. The molecule has 1 aliphatic rings. The van der Waals surface area contributed by atoms with Crippen molar-refractivity contribution in [2.24, 2.45) is 0 Å². The number of benzene rings is 2. The van der Waals surface area contributed by atoms with Gasteiger partial charge in [0.2, 0.25) is 0 Å². The number of rotatable bonds is 5. The first-order valence-corrected chi connectivity index (χ1v) is 8.47. The molecule has 1 N–H and O–H groups in total. The molecule has 0 aromatic heterocycles. The summed E-state index contributed by atoms with van der Waals surface area (Å²) in [4.78, 5) is 48.9. The smallest absolute Gasteiger partial charge is 0.326 e. The SMILES string of the molecule is O=C(COC(=O)CN1C(=O)c2ccccc2C1=O)Nc1cc(Cl)cc(Cl)c1. The van der Waals surface area contributed by atoms with Gasteiger partial charge < -0.3 is 10.1 Å². The van der Waals surface area contributed by atoms with Gasteiger partial charge in [-0.25, -0.2) is 0 Å². The average molecular weight is 407 g/mol. The third-order valence-electron chi connectivity index (χ3n) is 3.68. The van der Waals surface area contributed by atoms with Gasteiger partial charge in [0.15, 0.2) is 6.61 Å². The number of ether oxygens (including phenoxy) is 1. The van der Waals surface area contributed by atoms with Crippen LogP contribution in [0.2, 0.25) is 10.0 Å². The number of amides is 3. The summed E-state index contributed by atoms with van der Waals surface area (Å²) in [5.74, 6) is -2.66. The lowest BCUT2D eigenvalue weighted by Crippen LogP contribution is -2.36. The second-order valence-electron chi connectivity index (χ2n) is 5.61. The number of nitrogens with one attached hydrogen (secondary N) is 1. The Morgan fingerprint density at radius 2 is 1.52 bits per heavy atom. The van der Waals surface area contributed by atoms with Crippen molar-refractivity contribution < 1.29 is 23.9 Å². The van der Waals surface area contributed by atoms with Crippen molar-refractivity contribution in [1.82, 2.24) is 4.90 Å². The summed E-state index contributed by atoms with van der Waals surface area (Å²) >= 11 is 11.7. The maximum Gasteiger partial charge on any atom is 0.326 e. The molecule has 0 fully saturated rings. The van der Waals surface area contributed by atoms with Gasteiger partial charge in [0.1, 0.15) is 6.54 Å². The lowest BCUT2D eigenvalue weighted by atomic mass is 10.1. The zero-order chi connectivity index (χ0) is 19.6. The van der Waals surface area contributed by atoms with Crippen molar-refractivity contribution in [3.05, 3.63) is 63.6 Å². The number of anilines is 1. The maximum atomic E-state index is 12.2. The molecule has 0 unspecified atom stereocenters. The van der Waals surface area contributed by atoms with Crippen LogP contribution in [0.25, 0.3) is 0 Å². The third-order valence-corrected chi connectivity index (χ3v) is 4.11. The van der Waals surface area contributed by atoms with Crippen LogP contribution in [0.1, 0.15) is 20.7 Å².